The van der Waals surface area contributed by atoms with Gasteiger partial charge in [-0.25, -0.2) is 0 Å². The highest BCUT2D eigenvalue weighted by Gasteiger charge is 2.13. The monoisotopic (exact) mass is 265 g/mol. The molecule has 1 aromatic rings. The maximum absolute atomic E-state index is 11.0. The van der Waals surface area contributed by atoms with Gasteiger partial charge in [-0.2, -0.15) is 0 Å². The van der Waals surface area contributed by atoms with Gasteiger partial charge in [-0.15, -0.1) is 11.3 Å². The Kier molecular flexibility index (Phi) is 4.55. The van der Waals surface area contributed by atoms with Crippen molar-refractivity contribution in [2.24, 2.45) is 5.92 Å². The molecule has 1 fully saturated rings. The highest BCUT2D eigenvalue weighted by Crippen LogP contribution is 2.28. The van der Waals surface area contributed by atoms with E-state index in [0.717, 1.165) is 43.0 Å². The molecule has 0 bridgehead atoms. The Hall–Kier alpha value is -1.13. The number of hydrogen-bond acceptors (Lipinski definition) is 4. The lowest BCUT2D eigenvalue weighted by Gasteiger charge is -2.27. The number of carbonyl (C=O) groups is 1. The third-order valence-electron chi connectivity index (χ3n) is 3.05. The van der Waals surface area contributed by atoms with Crippen LogP contribution in [0.5, 0.6) is 0 Å². The minimum Gasteiger partial charge on any atom is -0.378 e. The van der Waals surface area contributed by atoms with Crippen LogP contribution in [0.4, 0.5) is 5.00 Å². The molecule has 4 heteroatoms. The molecule has 0 aromatic carbocycles. The Balaban J connectivity index is 2.12. The molecule has 2 heterocycles. The summed E-state index contributed by atoms with van der Waals surface area (Å²) < 4.78 is 5.35. The van der Waals surface area contributed by atoms with Crippen molar-refractivity contribution in [3.05, 3.63) is 22.6 Å². The van der Waals surface area contributed by atoms with Crippen LogP contribution in [-0.4, -0.2) is 32.6 Å². The number of nitrogens with zero attached hydrogens (tertiary/aromatic N) is 1. The number of carbonyl (C=O) groups excluding carboxylic acids is 1. The van der Waals surface area contributed by atoms with Crippen LogP contribution in [-0.2, 0) is 9.53 Å². The second-order valence-corrected chi connectivity index (χ2v) is 5.79. The predicted molar refractivity (Wildman–Crippen MR) is 76.2 cm³/mol. The average molecular weight is 265 g/mol. The summed E-state index contributed by atoms with van der Waals surface area (Å²) in [6, 6.07) is 4.21. The highest BCUT2D eigenvalue weighted by molar-refractivity contribution is 7.16. The van der Waals surface area contributed by atoms with Gasteiger partial charge in [0.15, 0.2) is 0 Å². The summed E-state index contributed by atoms with van der Waals surface area (Å²) >= 11 is 1.74. The van der Waals surface area contributed by atoms with E-state index in [1.807, 2.05) is 19.9 Å². The maximum atomic E-state index is 11.0. The lowest BCUT2D eigenvalue weighted by Crippen LogP contribution is -2.35. The Morgan fingerprint density at radius 2 is 2.11 bits per heavy atom. The van der Waals surface area contributed by atoms with E-state index in [-0.39, 0.29) is 5.92 Å². The highest BCUT2D eigenvalue weighted by atomic mass is 32.1. The first-order valence-electron chi connectivity index (χ1n) is 6.30. The lowest BCUT2D eigenvalue weighted by atomic mass is 10.0. The number of allylic oxidation sites excluding steroid dienone is 1. The first-order valence-corrected chi connectivity index (χ1v) is 7.11. The summed E-state index contributed by atoms with van der Waals surface area (Å²) in [5, 5.41) is 1.26. The van der Waals surface area contributed by atoms with E-state index in [1.54, 1.807) is 11.3 Å². The van der Waals surface area contributed by atoms with Crippen LogP contribution in [0.25, 0.3) is 6.08 Å². The van der Waals surface area contributed by atoms with Crippen molar-refractivity contribution in [1.29, 1.82) is 0 Å². The van der Waals surface area contributed by atoms with Gasteiger partial charge >= 0.3 is 0 Å². The van der Waals surface area contributed by atoms with Gasteiger partial charge in [-0.3, -0.25) is 4.79 Å². The Morgan fingerprint density at radius 1 is 1.39 bits per heavy atom. The van der Waals surface area contributed by atoms with E-state index in [1.165, 1.54) is 5.00 Å². The van der Waals surface area contributed by atoms with E-state index < -0.39 is 0 Å². The molecule has 3 nitrogen and oxygen atoms in total. The normalized spacial score (nSPS) is 17.3. The summed E-state index contributed by atoms with van der Waals surface area (Å²) in [5.41, 5.74) is 0.852. The largest absolute Gasteiger partial charge is 0.378 e. The zero-order valence-electron chi connectivity index (χ0n) is 10.9. The van der Waals surface area contributed by atoms with Crippen molar-refractivity contribution in [2.45, 2.75) is 13.8 Å². The fraction of sp³-hybridized carbons (Fsp3) is 0.500. The van der Waals surface area contributed by atoms with Crippen LogP contribution in [0, 0.1) is 5.92 Å². The average Bonchev–Trinajstić information content (AvgIpc) is 2.85. The molecule has 18 heavy (non-hydrogen) atoms. The van der Waals surface area contributed by atoms with Crippen molar-refractivity contribution in [3.8, 4) is 0 Å². The van der Waals surface area contributed by atoms with E-state index in [2.05, 4.69) is 17.0 Å². The number of thiophene rings is 1. The van der Waals surface area contributed by atoms with Crippen molar-refractivity contribution in [2.75, 3.05) is 31.2 Å². The maximum Gasteiger partial charge on any atom is 0.146 e. The van der Waals surface area contributed by atoms with Crippen LogP contribution in [0.15, 0.2) is 17.7 Å². The van der Waals surface area contributed by atoms with Gasteiger partial charge in [0.2, 0.25) is 0 Å². The van der Waals surface area contributed by atoms with Crippen molar-refractivity contribution in [1.82, 2.24) is 0 Å². The van der Waals surface area contributed by atoms with E-state index >= 15 is 0 Å². The van der Waals surface area contributed by atoms with E-state index in [9.17, 15) is 4.79 Å². The molecule has 1 saturated heterocycles. The number of ether oxygens (including phenoxy) is 1. The quantitative estimate of drug-likeness (QED) is 0.619. The van der Waals surface area contributed by atoms with Crippen LogP contribution in [0.3, 0.4) is 0 Å². The molecular formula is C14H19NO2S. The van der Waals surface area contributed by atoms with Crippen LogP contribution >= 0.6 is 11.3 Å². The minimum absolute atomic E-state index is 0.274. The second-order valence-electron chi connectivity index (χ2n) is 4.69. The number of anilines is 1. The fourth-order valence-electron chi connectivity index (χ4n) is 1.87. The first-order chi connectivity index (χ1) is 8.70. The van der Waals surface area contributed by atoms with Gasteiger partial charge in [0, 0.05) is 18.0 Å². The Bertz CT molecular complexity index is 431. The molecule has 0 N–H and O–H groups in total. The first kappa shape index (κ1) is 13.3. The number of aldehydes is 1. The number of hydrogen-bond donors (Lipinski definition) is 0. The minimum atomic E-state index is 0.274. The predicted octanol–water partition coefficient (Wildman–Crippen LogP) is 2.82. The summed E-state index contributed by atoms with van der Waals surface area (Å²) in [6.45, 7) is 7.58. The third-order valence-corrected chi connectivity index (χ3v) is 4.14. The summed E-state index contributed by atoms with van der Waals surface area (Å²) in [7, 11) is 0. The van der Waals surface area contributed by atoms with E-state index in [0.29, 0.717) is 0 Å². The van der Waals surface area contributed by atoms with Gasteiger partial charge in [-0.1, -0.05) is 13.8 Å². The summed E-state index contributed by atoms with van der Waals surface area (Å²) in [4.78, 5) is 14.4. The SMILES string of the molecule is CC(C)C(C=O)=Cc1ccc(N2CCOCC2)s1. The zero-order chi connectivity index (χ0) is 13.0. The second kappa shape index (κ2) is 6.16. The molecule has 0 radical (unpaired) electrons. The van der Waals surface area contributed by atoms with Gasteiger partial charge < -0.3 is 9.64 Å². The van der Waals surface area contributed by atoms with Gasteiger partial charge in [0.25, 0.3) is 0 Å². The molecule has 1 aliphatic rings. The molecule has 0 saturated carbocycles. The molecular weight excluding hydrogens is 246 g/mol. The third kappa shape index (κ3) is 3.21. The molecule has 0 atom stereocenters. The topological polar surface area (TPSA) is 29.5 Å². The molecule has 0 amide bonds. The van der Waals surface area contributed by atoms with Gasteiger partial charge in [-0.05, 0) is 29.7 Å². The van der Waals surface area contributed by atoms with Crippen molar-refractivity contribution in [3.63, 3.8) is 0 Å². The molecule has 1 aromatic heterocycles. The molecule has 0 unspecified atom stereocenters. The molecule has 2 rings (SSSR count). The van der Waals surface area contributed by atoms with Gasteiger partial charge in [0.05, 0.1) is 18.2 Å². The van der Waals surface area contributed by atoms with Crippen molar-refractivity contribution >= 4 is 28.7 Å². The lowest BCUT2D eigenvalue weighted by molar-refractivity contribution is -0.105. The molecule has 98 valence electrons. The zero-order valence-corrected chi connectivity index (χ0v) is 11.7. The fourth-order valence-corrected chi connectivity index (χ4v) is 2.89. The Labute approximate surface area is 112 Å². The molecule has 1 aliphatic heterocycles. The summed E-state index contributed by atoms with van der Waals surface area (Å²) in [5.74, 6) is 0.274. The number of rotatable bonds is 4. The van der Waals surface area contributed by atoms with Crippen LogP contribution < -0.4 is 4.90 Å². The standard InChI is InChI=1S/C14H19NO2S/c1-11(2)12(10-16)9-13-3-4-14(18-13)15-5-7-17-8-6-15/h3-4,9-11H,5-8H2,1-2H3. The molecule has 0 spiro atoms. The smallest absolute Gasteiger partial charge is 0.146 e. The number of morpholine rings is 1. The van der Waals surface area contributed by atoms with Gasteiger partial charge in [0.1, 0.15) is 6.29 Å². The van der Waals surface area contributed by atoms with Crippen molar-refractivity contribution < 1.29 is 9.53 Å². The summed E-state index contributed by atoms with van der Waals surface area (Å²) in [6.07, 6.45) is 2.95. The van der Waals surface area contributed by atoms with Crippen LogP contribution in [0.2, 0.25) is 0 Å². The Morgan fingerprint density at radius 3 is 2.72 bits per heavy atom. The molecule has 0 aliphatic carbocycles. The van der Waals surface area contributed by atoms with E-state index in [4.69, 9.17) is 4.74 Å². The van der Waals surface area contributed by atoms with Crippen LogP contribution in [0.1, 0.15) is 18.7 Å².